The van der Waals surface area contributed by atoms with Crippen LogP contribution in [0, 0.1) is 11.7 Å². The molecule has 0 amide bonds. The number of rotatable bonds is 8. The van der Waals surface area contributed by atoms with E-state index in [1.807, 2.05) is 24.3 Å². The van der Waals surface area contributed by atoms with Gasteiger partial charge in [-0.15, -0.1) is 0 Å². The van der Waals surface area contributed by atoms with Gasteiger partial charge in [0.15, 0.2) is 11.6 Å². The molecule has 0 aliphatic rings. The van der Waals surface area contributed by atoms with E-state index in [0.717, 1.165) is 22.2 Å². The lowest BCUT2D eigenvalue weighted by molar-refractivity contribution is 0.479. The van der Waals surface area contributed by atoms with E-state index in [9.17, 15) is 4.39 Å². The van der Waals surface area contributed by atoms with Gasteiger partial charge in [0.2, 0.25) is 5.13 Å². The number of halogens is 1. The highest BCUT2D eigenvalue weighted by Gasteiger charge is 2.13. The Morgan fingerprint density at radius 2 is 1.97 bits per heavy atom. The fraction of sp³-hybridized carbons (Fsp3) is 0.182. The average Bonchev–Trinajstić information content (AvgIpc) is 3.18. The van der Waals surface area contributed by atoms with Crippen molar-refractivity contribution in [1.82, 2.24) is 19.3 Å². The van der Waals surface area contributed by atoms with Crippen LogP contribution in [-0.4, -0.2) is 19.3 Å². The van der Waals surface area contributed by atoms with Gasteiger partial charge >= 0.3 is 0 Å². The molecule has 4 aromatic rings. The fourth-order valence-corrected chi connectivity index (χ4v) is 4.03. The SMILES string of the molecule is CC(C)Cc1nsc(Nc2ncc(Sc3ccccn3)cc2Oc2ccc(F)cc2)n1. The van der Waals surface area contributed by atoms with Gasteiger partial charge < -0.3 is 10.1 Å². The van der Waals surface area contributed by atoms with E-state index in [4.69, 9.17) is 4.74 Å². The summed E-state index contributed by atoms with van der Waals surface area (Å²) >= 11 is 2.75. The largest absolute Gasteiger partial charge is 0.453 e. The highest BCUT2D eigenvalue weighted by molar-refractivity contribution is 7.99. The van der Waals surface area contributed by atoms with E-state index in [2.05, 4.69) is 38.5 Å². The molecule has 0 aliphatic carbocycles. The summed E-state index contributed by atoms with van der Waals surface area (Å²) < 4.78 is 23.7. The van der Waals surface area contributed by atoms with Crippen LogP contribution in [0.4, 0.5) is 15.3 Å². The minimum absolute atomic E-state index is 0.324. The van der Waals surface area contributed by atoms with Crippen molar-refractivity contribution in [2.75, 3.05) is 5.32 Å². The molecule has 158 valence electrons. The summed E-state index contributed by atoms with van der Waals surface area (Å²) in [7, 11) is 0. The Bertz CT molecular complexity index is 1140. The van der Waals surface area contributed by atoms with E-state index in [1.54, 1.807) is 24.5 Å². The Morgan fingerprint density at radius 1 is 1.13 bits per heavy atom. The smallest absolute Gasteiger partial charge is 0.208 e. The molecule has 0 saturated heterocycles. The van der Waals surface area contributed by atoms with Gasteiger partial charge in [-0.2, -0.15) is 4.37 Å². The Labute approximate surface area is 188 Å². The van der Waals surface area contributed by atoms with Crippen molar-refractivity contribution < 1.29 is 9.13 Å². The van der Waals surface area contributed by atoms with Gasteiger partial charge in [0.05, 0.1) is 0 Å². The van der Waals surface area contributed by atoms with Crippen LogP contribution in [0.2, 0.25) is 0 Å². The summed E-state index contributed by atoms with van der Waals surface area (Å²) in [6, 6.07) is 13.4. The first kappa shape index (κ1) is 21.2. The summed E-state index contributed by atoms with van der Waals surface area (Å²) in [5.41, 5.74) is 0. The van der Waals surface area contributed by atoms with Gasteiger partial charge in [0.25, 0.3) is 0 Å². The topological polar surface area (TPSA) is 72.8 Å². The predicted molar refractivity (Wildman–Crippen MR) is 121 cm³/mol. The molecule has 0 atom stereocenters. The molecule has 1 N–H and O–H groups in total. The Morgan fingerprint density at radius 3 is 2.71 bits per heavy atom. The summed E-state index contributed by atoms with van der Waals surface area (Å²) in [6.07, 6.45) is 4.30. The van der Waals surface area contributed by atoms with Gasteiger partial charge in [-0.25, -0.2) is 19.3 Å². The second-order valence-electron chi connectivity index (χ2n) is 7.08. The molecule has 31 heavy (non-hydrogen) atoms. The maximum atomic E-state index is 13.3. The van der Waals surface area contributed by atoms with Crippen LogP contribution in [0.25, 0.3) is 0 Å². The van der Waals surface area contributed by atoms with Crippen molar-refractivity contribution in [3.05, 3.63) is 72.6 Å². The number of hydrogen-bond acceptors (Lipinski definition) is 8. The number of ether oxygens (including phenoxy) is 1. The van der Waals surface area contributed by atoms with E-state index in [-0.39, 0.29) is 5.82 Å². The molecule has 0 bridgehead atoms. The van der Waals surface area contributed by atoms with Crippen molar-refractivity contribution in [2.24, 2.45) is 5.92 Å². The number of aromatic nitrogens is 4. The highest BCUT2D eigenvalue weighted by atomic mass is 32.2. The molecule has 3 heterocycles. The Kier molecular flexibility index (Phi) is 6.73. The Hall–Kier alpha value is -3.04. The van der Waals surface area contributed by atoms with E-state index in [0.29, 0.717) is 28.4 Å². The summed E-state index contributed by atoms with van der Waals surface area (Å²) in [5.74, 6) is 2.44. The monoisotopic (exact) mass is 453 g/mol. The normalized spacial score (nSPS) is 11.0. The lowest BCUT2D eigenvalue weighted by atomic mass is 10.1. The van der Waals surface area contributed by atoms with Crippen LogP contribution >= 0.6 is 23.3 Å². The van der Waals surface area contributed by atoms with Gasteiger partial charge in [-0.1, -0.05) is 31.7 Å². The van der Waals surface area contributed by atoms with Crippen molar-refractivity contribution >= 4 is 34.2 Å². The number of nitrogens with one attached hydrogen (secondary N) is 1. The predicted octanol–water partition coefficient (Wildman–Crippen LogP) is 6.35. The first-order valence-corrected chi connectivity index (χ1v) is 11.3. The van der Waals surface area contributed by atoms with Gasteiger partial charge in [0.1, 0.15) is 22.4 Å². The molecular weight excluding hydrogens is 433 g/mol. The standard InChI is InChI=1S/C22H20FN5OS2/c1-14(2)11-19-26-22(31-28-19)27-21-18(29-16-8-6-15(23)7-9-16)12-17(13-25-21)30-20-5-3-4-10-24-20/h3-10,12-14H,11H2,1-2H3,(H,25,26,27,28). The van der Waals surface area contributed by atoms with Crippen LogP contribution < -0.4 is 10.1 Å². The molecule has 6 nitrogen and oxygen atoms in total. The van der Waals surface area contributed by atoms with Crippen molar-refractivity contribution in [3.8, 4) is 11.5 Å². The number of nitrogens with zero attached hydrogens (tertiary/aromatic N) is 4. The van der Waals surface area contributed by atoms with Gasteiger partial charge in [-0.3, -0.25) is 0 Å². The summed E-state index contributed by atoms with van der Waals surface area (Å²) in [6.45, 7) is 4.25. The lowest BCUT2D eigenvalue weighted by Gasteiger charge is -2.12. The number of pyridine rings is 2. The molecule has 0 saturated carbocycles. The lowest BCUT2D eigenvalue weighted by Crippen LogP contribution is -1.99. The molecule has 0 radical (unpaired) electrons. The highest BCUT2D eigenvalue weighted by Crippen LogP contribution is 2.35. The minimum atomic E-state index is -0.324. The average molecular weight is 454 g/mol. The van der Waals surface area contributed by atoms with Crippen LogP contribution in [0.1, 0.15) is 19.7 Å². The molecule has 0 unspecified atom stereocenters. The molecule has 1 aromatic carbocycles. The first-order chi connectivity index (χ1) is 15.0. The van der Waals surface area contributed by atoms with Crippen LogP contribution in [0.3, 0.4) is 0 Å². The van der Waals surface area contributed by atoms with E-state index < -0.39 is 0 Å². The maximum Gasteiger partial charge on any atom is 0.208 e. The molecule has 4 rings (SSSR count). The second-order valence-corrected chi connectivity index (χ2v) is 8.93. The fourth-order valence-electron chi connectivity index (χ4n) is 2.67. The van der Waals surface area contributed by atoms with Crippen molar-refractivity contribution in [1.29, 1.82) is 0 Å². The third-order valence-electron chi connectivity index (χ3n) is 4.01. The molecule has 9 heteroatoms. The molecule has 0 spiro atoms. The number of anilines is 2. The minimum Gasteiger partial charge on any atom is -0.453 e. The second kappa shape index (κ2) is 9.84. The van der Waals surface area contributed by atoms with Crippen molar-refractivity contribution in [3.63, 3.8) is 0 Å². The number of hydrogen-bond donors (Lipinski definition) is 1. The zero-order valence-corrected chi connectivity index (χ0v) is 18.6. The molecule has 3 aromatic heterocycles. The zero-order valence-electron chi connectivity index (χ0n) is 16.9. The first-order valence-electron chi connectivity index (χ1n) is 9.67. The Balaban J connectivity index is 1.60. The van der Waals surface area contributed by atoms with Gasteiger partial charge in [0, 0.05) is 41.3 Å². The number of benzene rings is 1. The van der Waals surface area contributed by atoms with E-state index >= 15 is 0 Å². The van der Waals surface area contributed by atoms with Gasteiger partial charge in [-0.05, 0) is 42.3 Å². The quantitative estimate of drug-likeness (QED) is 0.333. The third-order valence-corrected chi connectivity index (χ3v) is 5.59. The third kappa shape index (κ3) is 5.99. The van der Waals surface area contributed by atoms with Crippen LogP contribution in [0.15, 0.2) is 70.8 Å². The molecular formula is C22H20FN5OS2. The summed E-state index contributed by atoms with van der Waals surface area (Å²) in [5, 5.41) is 4.68. The zero-order chi connectivity index (χ0) is 21.6. The van der Waals surface area contributed by atoms with Crippen LogP contribution in [-0.2, 0) is 6.42 Å². The van der Waals surface area contributed by atoms with E-state index in [1.165, 1.54) is 35.4 Å². The van der Waals surface area contributed by atoms with Crippen molar-refractivity contribution in [2.45, 2.75) is 30.2 Å². The maximum absolute atomic E-state index is 13.3. The van der Waals surface area contributed by atoms with Crippen LogP contribution in [0.5, 0.6) is 11.5 Å². The molecule has 0 aliphatic heterocycles. The molecule has 0 fully saturated rings. The summed E-state index contributed by atoms with van der Waals surface area (Å²) in [4.78, 5) is 14.3.